The van der Waals surface area contributed by atoms with Gasteiger partial charge in [-0.15, -0.1) is 0 Å². The van der Waals surface area contributed by atoms with Crippen LogP contribution < -0.4 is 4.90 Å². The van der Waals surface area contributed by atoms with Gasteiger partial charge in [0.2, 0.25) is 0 Å². The van der Waals surface area contributed by atoms with Crippen molar-refractivity contribution in [3.8, 4) is 6.07 Å². The topological polar surface area (TPSA) is 47.3 Å². The molecule has 3 nitrogen and oxygen atoms in total. The first-order valence-corrected chi connectivity index (χ1v) is 6.01. The Kier molecular flexibility index (Phi) is 3.08. The maximum absolute atomic E-state index is 10.1. The largest absolute Gasteiger partial charge is 0.391 e. The van der Waals surface area contributed by atoms with Crippen molar-refractivity contribution in [2.75, 3.05) is 11.4 Å². The van der Waals surface area contributed by atoms with Crippen LogP contribution in [0, 0.1) is 11.3 Å². The maximum atomic E-state index is 10.1. The van der Waals surface area contributed by atoms with Crippen molar-refractivity contribution in [1.29, 1.82) is 5.26 Å². The Morgan fingerprint density at radius 3 is 2.59 bits per heavy atom. The van der Waals surface area contributed by atoms with E-state index in [2.05, 4.69) is 24.8 Å². The van der Waals surface area contributed by atoms with Crippen molar-refractivity contribution < 1.29 is 5.11 Å². The summed E-state index contributed by atoms with van der Waals surface area (Å²) in [7, 11) is 0. The molecular weight excluding hydrogens is 212 g/mol. The number of nitrogens with zero attached hydrogens (tertiary/aromatic N) is 2. The highest BCUT2D eigenvalue weighted by atomic mass is 16.3. The number of nitriles is 1. The molecule has 1 aromatic rings. The second-order valence-electron chi connectivity index (χ2n) is 5.12. The van der Waals surface area contributed by atoms with Gasteiger partial charge in [0.1, 0.15) is 0 Å². The normalized spacial score (nSPS) is 23.2. The molecule has 1 aliphatic heterocycles. The van der Waals surface area contributed by atoms with E-state index in [1.807, 2.05) is 24.3 Å². The molecule has 1 atom stereocenters. The highest BCUT2D eigenvalue weighted by molar-refractivity contribution is 5.52. The van der Waals surface area contributed by atoms with Gasteiger partial charge >= 0.3 is 0 Å². The van der Waals surface area contributed by atoms with E-state index in [1.165, 1.54) is 0 Å². The highest BCUT2D eigenvalue weighted by Crippen LogP contribution is 2.32. The standard InChI is InChI=1S/C14H18N2O/c1-14(2)13(17)4-3-9-16(14)12-7-5-11(10-15)6-8-12/h5-8,13,17H,3-4,9H2,1-2H3. The fourth-order valence-corrected chi connectivity index (χ4v) is 2.44. The second kappa shape index (κ2) is 4.38. The lowest BCUT2D eigenvalue weighted by Crippen LogP contribution is -2.56. The van der Waals surface area contributed by atoms with E-state index in [1.54, 1.807) is 0 Å². The quantitative estimate of drug-likeness (QED) is 0.805. The lowest BCUT2D eigenvalue weighted by Gasteiger charge is -2.47. The Balaban J connectivity index is 2.29. The predicted molar refractivity (Wildman–Crippen MR) is 67.8 cm³/mol. The number of aliphatic hydroxyl groups excluding tert-OH is 1. The third-order valence-corrected chi connectivity index (χ3v) is 3.68. The minimum Gasteiger partial charge on any atom is -0.391 e. The Morgan fingerprint density at radius 2 is 2.00 bits per heavy atom. The zero-order chi connectivity index (χ0) is 12.5. The number of aliphatic hydroxyl groups is 1. The minimum atomic E-state index is -0.299. The fourth-order valence-electron chi connectivity index (χ4n) is 2.44. The summed E-state index contributed by atoms with van der Waals surface area (Å²) in [5.41, 5.74) is 1.50. The van der Waals surface area contributed by atoms with Gasteiger partial charge in [-0.3, -0.25) is 0 Å². The summed E-state index contributed by atoms with van der Waals surface area (Å²) in [5, 5.41) is 18.9. The number of rotatable bonds is 1. The summed E-state index contributed by atoms with van der Waals surface area (Å²) in [6, 6.07) is 9.68. The van der Waals surface area contributed by atoms with E-state index in [-0.39, 0.29) is 11.6 Å². The van der Waals surface area contributed by atoms with Crippen LogP contribution in [0.15, 0.2) is 24.3 Å². The van der Waals surface area contributed by atoms with E-state index in [0.717, 1.165) is 25.1 Å². The molecular formula is C14H18N2O. The summed E-state index contributed by atoms with van der Waals surface area (Å²) >= 11 is 0. The molecule has 1 N–H and O–H groups in total. The first kappa shape index (κ1) is 11.9. The van der Waals surface area contributed by atoms with E-state index in [0.29, 0.717) is 5.56 Å². The summed E-state index contributed by atoms with van der Waals surface area (Å²) in [5.74, 6) is 0. The van der Waals surface area contributed by atoms with Crippen molar-refractivity contribution in [3.05, 3.63) is 29.8 Å². The Bertz CT molecular complexity index is 431. The van der Waals surface area contributed by atoms with Crippen molar-refractivity contribution >= 4 is 5.69 Å². The van der Waals surface area contributed by atoms with Gasteiger partial charge in [0.05, 0.1) is 23.3 Å². The molecule has 0 aliphatic carbocycles. The van der Waals surface area contributed by atoms with Crippen molar-refractivity contribution in [2.24, 2.45) is 0 Å². The van der Waals surface area contributed by atoms with Crippen LogP contribution in [0.5, 0.6) is 0 Å². The lowest BCUT2D eigenvalue weighted by molar-refractivity contribution is 0.0712. The van der Waals surface area contributed by atoms with Gasteiger partial charge in [-0.2, -0.15) is 5.26 Å². The third-order valence-electron chi connectivity index (χ3n) is 3.68. The molecule has 0 radical (unpaired) electrons. The monoisotopic (exact) mass is 230 g/mol. The van der Waals surface area contributed by atoms with Crippen molar-refractivity contribution in [2.45, 2.75) is 38.3 Å². The molecule has 1 unspecified atom stereocenters. The molecule has 1 aromatic carbocycles. The van der Waals surface area contributed by atoms with E-state index in [9.17, 15) is 5.11 Å². The zero-order valence-corrected chi connectivity index (χ0v) is 10.3. The van der Waals surface area contributed by atoms with E-state index < -0.39 is 0 Å². The van der Waals surface area contributed by atoms with Crippen molar-refractivity contribution in [3.63, 3.8) is 0 Å². The van der Waals surface area contributed by atoms with Gasteiger partial charge in [-0.05, 0) is 51.0 Å². The predicted octanol–water partition coefficient (Wildman–Crippen LogP) is 2.30. The number of hydrogen-bond acceptors (Lipinski definition) is 3. The van der Waals surface area contributed by atoms with E-state index >= 15 is 0 Å². The van der Waals surface area contributed by atoms with Gasteiger partial charge in [0.15, 0.2) is 0 Å². The van der Waals surface area contributed by atoms with Gasteiger partial charge in [-0.1, -0.05) is 0 Å². The van der Waals surface area contributed by atoms with Crippen LogP contribution in [0.1, 0.15) is 32.3 Å². The molecule has 1 saturated heterocycles. The average molecular weight is 230 g/mol. The number of hydrogen-bond donors (Lipinski definition) is 1. The number of benzene rings is 1. The van der Waals surface area contributed by atoms with Crippen LogP contribution in [0.4, 0.5) is 5.69 Å². The van der Waals surface area contributed by atoms with Gasteiger partial charge in [0, 0.05) is 12.2 Å². The summed E-state index contributed by atoms with van der Waals surface area (Å²) in [6.45, 7) is 5.08. The maximum Gasteiger partial charge on any atom is 0.0991 e. The summed E-state index contributed by atoms with van der Waals surface area (Å²) in [6.07, 6.45) is 1.57. The zero-order valence-electron chi connectivity index (χ0n) is 10.3. The second-order valence-corrected chi connectivity index (χ2v) is 5.12. The molecule has 1 fully saturated rings. The molecule has 2 rings (SSSR count). The Hall–Kier alpha value is -1.53. The smallest absolute Gasteiger partial charge is 0.0991 e. The minimum absolute atomic E-state index is 0.244. The first-order chi connectivity index (χ1) is 8.05. The molecule has 1 aliphatic rings. The Morgan fingerprint density at radius 1 is 1.35 bits per heavy atom. The molecule has 0 aromatic heterocycles. The van der Waals surface area contributed by atoms with Gasteiger partial charge in [-0.25, -0.2) is 0 Å². The molecule has 0 amide bonds. The van der Waals surface area contributed by atoms with Crippen LogP contribution in [-0.4, -0.2) is 23.3 Å². The van der Waals surface area contributed by atoms with Crippen LogP contribution in [0.2, 0.25) is 0 Å². The molecule has 17 heavy (non-hydrogen) atoms. The molecule has 0 saturated carbocycles. The molecule has 90 valence electrons. The summed E-state index contributed by atoms with van der Waals surface area (Å²) < 4.78 is 0. The number of piperidine rings is 1. The van der Waals surface area contributed by atoms with E-state index in [4.69, 9.17) is 5.26 Å². The van der Waals surface area contributed by atoms with Crippen LogP contribution >= 0.6 is 0 Å². The molecule has 0 spiro atoms. The molecule has 1 heterocycles. The van der Waals surface area contributed by atoms with Crippen LogP contribution in [0.25, 0.3) is 0 Å². The van der Waals surface area contributed by atoms with Gasteiger partial charge in [0.25, 0.3) is 0 Å². The third kappa shape index (κ3) is 2.13. The lowest BCUT2D eigenvalue weighted by atomic mass is 9.86. The Labute approximate surface area is 102 Å². The van der Waals surface area contributed by atoms with Crippen molar-refractivity contribution in [1.82, 2.24) is 0 Å². The molecule has 0 bridgehead atoms. The van der Waals surface area contributed by atoms with Gasteiger partial charge < -0.3 is 10.0 Å². The van der Waals surface area contributed by atoms with Crippen LogP contribution in [0.3, 0.4) is 0 Å². The molecule has 3 heteroatoms. The highest BCUT2D eigenvalue weighted by Gasteiger charge is 2.37. The summed E-state index contributed by atoms with van der Waals surface area (Å²) in [4.78, 5) is 2.22. The SMILES string of the molecule is CC1(C)C(O)CCCN1c1ccc(C#N)cc1. The first-order valence-electron chi connectivity index (χ1n) is 6.01. The average Bonchev–Trinajstić information content (AvgIpc) is 2.33. The fraction of sp³-hybridized carbons (Fsp3) is 0.500. The van der Waals surface area contributed by atoms with Crippen LogP contribution in [-0.2, 0) is 0 Å². The number of anilines is 1.